The molecule has 2 N–H and O–H groups in total. The number of nitrogens with zero attached hydrogens (tertiary/aromatic N) is 7. The number of aromatic nitrogens is 3. The number of anilines is 2. The first-order chi connectivity index (χ1) is 27.7. The second kappa shape index (κ2) is 15.5. The van der Waals surface area contributed by atoms with E-state index in [1.165, 1.54) is 30.2 Å². The molecule has 0 radical (unpaired) electrons. The summed E-state index contributed by atoms with van der Waals surface area (Å²) in [5.41, 5.74) is 7.16. The van der Waals surface area contributed by atoms with Gasteiger partial charge in [-0.2, -0.15) is 5.26 Å². The van der Waals surface area contributed by atoms with Gasteiger partial charge in [0.25, 0.3) is 0 Å². The second-order valence-corrected chi connectivity index (χ2v) is 16.5. The molecule has 0 aliphatic carbocycles. The number of carbonyl (C=O) groups is 2. The fourth-order valence-electron chi connectivity index (χ4n) is 9.94. The van der Waals surface area contributed by atoms with Crippen LogP contribution in [0.5, 0.6) is 0 Å². The van der Waals surface area contributed by atoms with Gasteiger partial charge in [0.2, 0.25) is 11.8 Å². The molecule has 2 aromatic heterocycles. The van der Waals surface area contributed by atoms with E-state index in [1.807, 2.05) is 18.2 Å². The molecule has 3 aromatic carbocycles. The Morgan fingerprint density at radius 3 is 2.26 bits per heavy atom. The van der Waals surface area contributed by atoms with Crippen LogP contribution >= 0.6 is 0 Å². The summed E-state index contributed by atoms with van der Waals surface area (Å²) in [6.45, 7) is 9.77. The molecule has 13 heteroatoms. The number of imidazole rings is 1. The molecule has 0 bridgehead atoms. The van der Waals surface area contributed by atoms with E-state index in [4.69, 9.17) is 0 Å². The van der Waals surface area contributed by atoms with Crippen molar-refractivity contribution in [3.8, 4) is 6.07 Å². The summed E-state index contributed by atoms with van der Waals surface area (Å²) < 4.78 is 17.8. The summed E-state index contributed by atoms with van der Waals surface area (Å²) in [6.07, 6.45) is 6.59. The predicted octanol–water partition coefficient (Wildman–Crippen LogP) is 5.23. The Hall–Kier alpha value is -5.45. The van der Waals surface area contributed by atoms with Crippen LogP contribution in [0.1, 0.15) is 67.2 Å². The molecule has 5 aromatic rings. The van der Waals surface area contributed by atoms with E-state index < -0.39 is 11.9 Å². The Bertz CT molecular complexity index is 2400. The van der Waals surface area contributed by atoms with Gasteiger partial charge in [-0.15, -0.1) is 0 Å². The number of para-hydroxylation sites is 1. The number of benzene rings is 3. The van der Waals surface area contributed by atoms with Crippen molar-refractivity contribution in [3.05, 3.63) is 93.8 Å². The summed E-state index contributed by atoms with van der Waals surface area (Å²) in [5, 5.41) is 12.2. The van der Waals surface area contributed by atoms with Crippen LogP contribution in [0.3, 0.4) is 0 Å². The molecule has 296 valence electrons. The summed E-state index contributed by atoms with van der Waals surface area (Å²) in [5.74, 6) is 0.123. The van der Waals surface area contributed by atoms with Crippen LogP contribution in [0.2, 0.25) is 0 Å². The molecule has 57 heavy (non-hydrogen) atoms. The molecule has 4 fully saturated rings. The number of nitrogens with one attached hydrogen (secondary N) is 2. The first-order valence-electron chi connectivity index (χ1n) is 20.5. The Kier molecular flexibility index (Phi) is 10.1. The average Bonchev–Trinajstić information content (AvgIpc) is 3.78. The van der Waals surface area contributed by atoms with Crippen molar-refractivity contribution >= 4 is 45.1 Å². The van der Waals surface area contributed by atoms with Gasteiger partial charge in [0.1, 0.15) is 17.9 Å². The molecule has 0 spiro atoms. The molecule has 2 amide bonds. The van der Waals surface area contributed by atoms with E-state index in [9.17, 15) is 24.0 Å². The normalized spacial score (nSPS) is 20.8. The zero-order valence-electron chi connectivity index (χ0n) is 32.6. The number of hydrogen-bond acceptors (Lipinski definition) is 8. The number of nitriles is 1. The minimum atomic E-state index is -0.680. The number of fused-ring (bicyclic) bond motifs is 2. The van der Waals surface area contributed by atoms with E-state index in [0.29, 0.717) is 34.7 Å². The van der Waals surface area contributed by atoms with Crippen molar-refractivity contribution in [1.82, 2.24) is 29.2 Å². The molecule has 1 unspecified atom stereocenters. The van der Waals surface area contributed by atoms with Crippen LogP contribution in [0.25, 0.3) is 21.9 Å². The van der Waals surface area contributed by atoms with Gasteiger partial charge < -0.3 is 19.7 Å². The lowest BCUT2D eigenvalue weighted by molar-refractivity contribution is -0.135. The number of amides is 2. The van der Waals surface area contributed by atoms with Crippen LogP contribution in [0.15, 0.2) is 65.6 Å². The van der Waals surface area contributed by atoms with Crippen LogP contribution < -0.4 is 20.8 Å². The van der Waals surface area contributed by atoms with Crippen molar-refractivity contribution in [2.75, 3.05) is 68.7 Å². The molecular weight excluding hydrogens is 722 g/mol. The molecule has 0 saturated carbocycles. The number of aromatic amines is 1. The van der Waals surface area contributed by atoms with Gasteiger partial charge >= 0.3 is 5.69 Å². The van der Waals surface area contributed by atoms with Gasteiger partial charge in [-0.3, -0.25) is 28.9 Å². The summed E-state index contributed by atoms with van der Waals surface area (Å²) in [7, 11) is 1.77. The highest BCUT2D eigenvalue weighted by Gasteiger charge is 2.32. The van der Waals surface area contributed by atoms with E-state index in [2.05, 4.69) is 66.3 Å². The molecule has 4 aliphatic rings. The number of piperazine rings is 1. The highest BCUT2D eigenvalue weighted by Crippen LogP contribution is 2.36. The van der Waals surface area contributed by atoms with Crippen LogP contribution in [0, 0.1) is 23.1 Å². The van der Waals surface area contributed by atoms with Crippen molar-refractivity contribution in [1.29, 1.82) is 5.26 Å². The van der Waals surface area contributed by atoms with Gasteiger partial charge in [0.15, 0.2) is 0 Å². The van der Waals surface area contributed by atoms with Crippen LogP contribution in [-0.4, -0.2) is 94.6 Å². The van der Waals surface area contributed by atoms with E-state index in [1.54, 1.807) is 22.4 Å². The van der Waals surface area contributed by atoms with Gasteiger partial charge in [-0.1, -0.05) is 24.3 Å². The minimum Gasteiger partial charge on any atom is -0.372 e. The fourth-order valence-corrected chi connectivity index (χ4v) is 9.94. The lowest BCUT2D eigenvalue weighted by atomic mass is 9.89. The third kappa shape index (κ3) is 7.10. The summed E-state index contributed by atoms with van der Waals surface area (Å²) in [4.78, 5) is 50.9. The number of H-pyrrole nitrogens is 1. The standard InChI is InChI=1S/C44H50FN9O3/c1-49-42-32(3-2-4-37(42)54(44(49)57)38-11-12-39(55)48-43(38)56)28-51-23-21-50(22-24-51)27-29-13-17-52(18-14-29)34-7-5-30(6-8-34)31-15-19-53(20-16-31)36-10-9-35(45)40-33(25-46)26-47-41(36)40/h2-10,26,29,31,38,47H,11-24,27-28H2,1H3,(H,48,55,56). The number of halogens is 1. The SMILES string of the molecule is Cn1c(=O)n(C2CCC(=O)NC2=O)c2cccc(CN3CCN(CC4CCN(c5ccc(C6CCN(c7ccc(F)c8c(C#N)c[nH]c78)CC6)cc5)CC4)CC3)c21. The summed E-state index contributed by atoms with van der Waals surface area (Å²) in [6, 6.07) is 19.9. The maximum atomic E-state index is 14.5. The highest BCUT2D eigenvalue weighted by molar-refractivity contribution is 6.00. The third-order valence-corrected chi connectivity index (χ3v) is 13.1. The lowest BCUT2D eigenvalue weighted by Gasteiger charge is -2.39. The van der Waals surface area contributed by atoms with Gasteiger partial charge in [0.05, 0.1) is 33.2 Å². The predicted molar refractivity (Wildman–Crippen MR) is 219 cm³/mol. The lowest BCUT2D eigenvalue weighted by Crippen LogP contribution is -2.48. The number of hydrogen-bond donors (Lipinski definition) is 2. The van der Waals surface area contributed by atoms with Crippen molar-refractivity contribution in [2.24, 2.45) is 13.0 Å². The zero-order valence-corrected chi connectivity index (χ0v) is 32.6. The average molecular weight is 772 g/mol. The Morgan fingerprint density at radius 2 is 1.54 bits per heavy atom. The van der Waals surface area contributed by atoms with Gasteiger partial charge in [-0.05, 0) is 85.4 Å². The maximum Gasteiger partial charge on any atom is 0.329 e. The highest BCUT2D eigenvalue weighted by atomic mass is 19.1. The molecule has 12 nitrogen and oxygen atoms in total. The number of piperidine rings is 3. The van der Waals surface area contributed by atoms with Crippen LogP contribution in [0.4, 0.5) is 15.8 Å². The third-order valence-electron chi connectivity index (χ3n) is 13.1. The molecular formula is C44H50FN9O3. The number of aryl methyl sites for hydroxylation is 1. The largest absolute Gasteiger partial charge is 0.372 e. The monoisotopic (exact) mass is 771 g/mol. The van der Waals surface area contributed by atoms with Crippen molar-refractivity contribution in [3.63, 3.8) is 0 Å². The minimum absolute atomic E-state index is 0.228. The molecule has 1 atom stereocenters. The molecule has 9 rings (SSSR count). The Balaban J connectivity index is 0.741. The molecule has 4 aliphatic heterocycles. The molecule has 6 heterocycles. The van der Waals surface area contributed by atoms with E-state index in [-0.39, 0.29) is 23.8 Å². The first-order valence-corrected chi connectivity index (χ1v) is 20.5. The molecule has 4 saturated heterocycles. The number of rotatable bonds is 8. The fraction of sp³-hybridized carbons (Fsp3) is 0.455. The smallest absolute Gasteiger partial charge is 0.329 e. The second-order valence-electron chi connectivity index (χ2n) is 16.5. The first kappa shape index (κ1) is 37.1. The Morgan fingerprint density at radius 1 is 0.825 bits per heavy atom. The van der Waals surface area contributed by atoms with Crippen molar-refractivity contribution in [2.45, 2.75) is 57.0 Å². The quantitative estimate of drug-likeness (QED) is 0.206. The van der Waals surface area contributed by atoms with Crippen LogP contribution in [-0.2, 0) is 23.2 Å². The summed E-state index contributed by atoms with van der Waals surface area (Å²) >= 11 is 0. The van der Waals surface area contributed by atoms with Gasteiger partial charge in [0, 0.05) is 90.8 Å². The maximum absolute atomic E-state index is 14.5. The zero-order chi connectivity index (χ0) is 39.2. The number of imide groups is 1. The van der Waals surface area contributed by atoms with Crippen molar-refractivity contribution < 1.29 is 14.0 Å². The van der Waals surface area contributed by atoms with Gasteiger partial charge in [-0.25, -0.2) is 9.18 Å². The Labute approximate surface area is 331 Å². The number of carbonyl (C=O) groups excluding carboxylic acids is 2. The van der Waals surface area contributed by atoms with E-state index in [0.717, 1.165) is 101 Å². The van der Waals surface area contributed by atoms with E-state index >= 15 is 0 Å². The topological polar surface area (TPSA) is 126 Å².